The van der Waals surface area contributed by atoms with Crippen LogP contribution in [0.4, 0.5) is 0 Å². The SMILES string of the molecule is C=CC(=O)Oc1cc(C(C)(C)C)c(Cc2ccccc2O)c(C(C)(C)C)c1. The van der Waals surface area contributed by atoms with Crippen LogP contribution < -0.4 is 4.74 Å². The van der Waals surface area contributed by atoms with Gasteiger partial charge in [0.2, 0.25) is 0 Å². The minimum atomic E-state index is -0.469. The van der Waals surface area contributed by atoms with Crippen LogP contribution in [0.2, 0.25) is 0 Å². The third kappa shape index (κ3) is 5.00. The van der Waals surface area contributed by atoms with Crippen LogP contribution in [0.15, 0.2) is 49.1 Å². The fourth-order valence-electron chi connectivity index (χ4n) is 3.24. The highest BCUT2D eigenvalue weighted by Gasteiger charge is 2.27. The third-order valence-corrected chi connectivity index (χ3v) is 4.58. The highest BCUT2D eigenvalue weighted by atomic mass is 16.5. The summed E-state index contributed by atoms with van der Waals surface area (Å²) in [6.07, 6.45) is 1.78. The summed E-state index contributed by atoms with van der Waals surface area (Å²) in [6.45, 7) is 16.3. The summed E-state index contributed by atoms with van der Waals surface area (Å²) in [4.78, 5) is 11.8. The number of carbonyl (C=O) groups is 1. The monoisotopic (exact) mass is 366 g/mol. The average molecular weight is 367 g/mol. The number of aromatic hydroxyl groups is 1. The molecule has 0 saturated heterocycles. The Hall–Kier alpha value is -2.55. The van der Waals surface area contributed by atoms with E-state index in [0.29, 0.717) is 17.9 Å². The summed E-state index contributed by atoms with van der Waals surface area (Å²) < 4.78 is 5.46. The smallest absolute Gasteiger partial charge is 0.335 e. The van der Waals surface area contributed by atoms with E-state index in [0.717, 1.165) is 22.3 Å². The number of phenolic OH excluding ortho intramolecular Hbond substituents is 1. The third-order valence-electron chi connectivity index (χ3n) is 4.58. The Labute approximate surface area is 162 Å². The number of ether oxygens (including phenoxy) is 1. The van der Waals surface area contributed by atoms with Crippen molar-refractivity contribution in [1.29, 1.82) is 0 Å². The van der Waals surface area contributed by atoms with E-state index in [-0.39, 0.29) is 10.8 Å². The van der Waals surface area contributed by atoms with Gasteiger partial charge in [0.05, 0.1) is 0 Å². The van der Waals surface area contributed by atoms with E-state index >= 15 is 0 Å². The second-order valence-corrected chi connectivity index (χ2v) is 8.93. The molecule has 0 unspecified atom stereocenters. The molecule has 1 N–H and O–H groups in total. The largest absolute Gasteiger partial charge is 0.508 e. The molecule has 0 aliphatic carbocycles. The molecule has 0 radical (unpaired) electrons. The zero-order valence-electron chi connectivity index (χ0n) is 17.2. The Balaban J connectivity index is 2.73. The highest BCUT2D eigenvalue weighted by Crippen LogP contribution is 2.39. The molecule has 0 aliphatic rings. The fourth-order valence-corrected chi connectivity index (χ4v) is 3.24. The molecular weight excluding hydrogens is 336 g/mol. The lowest BCUT2D eigenvalue weighted by atomic mass is 9.74. The van der Waals surface area contributed by atoms with Gasteiger partial charge >= 0.3 is 5.97 Å². The minimum Gasteiger partial charge on any atom is -0.508 e. The number of para-hydroxylation sites is 1. The number of benzene rings is 2. The quantitative estimate of drug-likeness (QED) is 0.431. The fraction of sp³-hybridized carbons (Fsp3) is 0.375. The van der Waals surface area contributed by atoms with Crippen LogP contribution in [-0.4, -0.2) is 11.1 Å². The van der Waals surface area contributed by atoms with Crippen LogP contribution in [0, 0.1) is 0 Å². The van der Waals surface area contributed by atoms with Gasteiger partial charge in [-0.3, -0.25) is 0 Å². The summed E-state index contributed by atoms with van der Waals surface area (Å²) >= 11 is 0. The van der Waals surface area contributed by atoms with E-state index in [1.165, 1.54) is 6.08 Å². The van der Waals surface area contributed by atoms with Crippen molar-refractivity contribution in [1.82, 2.24) is 0 Å². The number of rotatable bonds is 4. The normalized spacial score (nSPS) is 11.9. The van der Waals surface area contributed by atoms with E-state index in [2.05, 4.69) is 48.1 Å². The van der Waals surface area contributed by atoms with Crippen LogP contribution in [0.25, 0.3) is 0 Å². The predicted octanol–water partition coefficient (Wildman–Crippen LogP) is 5.67. The molecule has 0 atom stereocenters. The first-order valence-electron chi connectivity index (χ1n) is 9.22. The van der Waals surface area contributed by atoms with Gasteiger partial charge in [0.15, 0.2) is 0 Å². The molecule has 0 bridgehead atoms. The number of esters is 1. The molecule has 0 amide bonds. The van der Waals surface area contributed by atoms with Crippen molar-refractivity contribution in [2.24, 2.45) is 0 Å². The molecule has 2 aromatic carbocycles. The maximum Gasteiger partial charge on any atom is 0.335 e. The van der Waals surface area contributed by atoms with E-state index in [9.17, 15) is 9.90 Å². The van der Waals surface area contributed by atoms with Crippen molar-refractivity contribution < 1.29 is 14.6 Å². The summed E-state index contributed by atoms with van der Waals surface area (Å²) in [5.41, 5.74) is 3.93. The highest BCUT2D eigenvalue weighted by molar-refractivity contribution is 5.83. The molecule has 27 heavy (non-hydrogen) atoms. The van der Waals surface area contributed by atoms with E-state index in [4.69, 9.17) is 4.74 Å². The number of phenols is 1. The topological polar surface area (TPSA) is 46.5 Å². The average Bonchev–Trinajstić information content (AvgIpc) is 2.55. The van der Waals surface area contributed by atoms with Crippen LogP contribution in [0.1, 0.15) is 63.8 Å². The van der Waals surface area contributed by atoms with E-state index in [1.54, 1.807) is 6.07 Å². The molecule has 2 rings (SSSR count). The molecule has 2 aromatic rings. The molecule has 0 fully saturated rings. The summed E-state index contributed by atoms with van der Waals surface area (Å²) in [7, 11) is 0. The van der Waals surface area contributed by atoms with Crippen molar-refractivity contribution in [3.8, 4) is 11.5 Å². The Kier molecular flexibility index (Phi) is 5.84. The van der Waals surface area contributed by atoms with Crippen molar-refractivity contribution in [3.63, 3.8) is 0 Å². The number of carbonyl (C=O) groups excluding carboxylic acids is 1. The van der Waals surface area contributed by atoms with Crippen molar-refractivity contribution >= 4 is 5.97 Å². The van der Waals surface area contributed by atoms with Gasteiger partial charge in [-0.1, -0.05) is 66.3 Å². The van der Waals surface area contributed by atoms with E-state index < -0.39 is 5.97 Å². The molecule has 0 heterocycles. The summed E-state index contributed by atoms with van der Waals surface area (Å²) in [5.74, 6) is 0.346. The van der Waals surface area contributed by atoms with Gasteiger partial charge in [-0.05, 0) is 51.3 Å². The zero-order valence-corrected chi connectivity index (χ0v) is 17.2. The number of hydrogen-bond acceptors (Lipinski definition) is 3. The second kappa shape index (κ2) is 7.59. The van der Waals surface area contributed by atoms with Gasteiger partial charge < -0.3 is 9.84 Å². The molecule has 3 heteroatoms. The Bertz CT molecular complexity index is 814. The van der Waals surface area contributed by atoms with Gasteiger partial charge in [0.1, 0.15) is 11.5 Å². The predicted molar refractivity (Wildman–Crippen MR) is 111 cm³/mol. The van der Waals surface area contributed by atoms with Gasteiger partial charge in [-0.25, -0.2) is 4.79 Å². The van der Waals surface area contributed by atoms with Gasteiger partial charge in [-0.2, -0.15) is 0 Å². The first-order valence-corrected chi connectivity index (χ1v) is 9.22. The molecule has 0 aliphatic heterocycles. The van der Waals surface area contributed by atoms with Crippen molar-refractivity contribution in [3.05, 3.63) is 71.3 Å². The maximum atomic E-state index is 11.8. The minimum absolute atomic E-state index is 0.156. The Morgan fingerprint density at radius 3 is 2.00 bits per heavy atom. The Morgan fingerprint density at radius 2 is 1.56 bits per heavy atom. The standard InChI is InChI=1S/C24H30O3/c1-8-22(26)27-17-14-19(23(2,3)4)18(20(15-17)24(5,6)7)13-16-11-9-10-12-21(16)25/h8-12,14-15,25H,1,13H2,2-7H3. The maximum absolute atomic E-state index is 11.8. The zero-order chi connectivity index (χ0) is 20.4. The van der Waals surface area contributed by atoms with Gasteiger partial charge in [-0.15, -0.1) is 0 Å². The van der Waals surface area contributed by atoms with E-state index in [1.807, 2.05) is 30.3 Å². The van der Waals surface area contributed by atoms with Crippen molar-refractivity contribution in [2.45, 2.75) is 58.8 Å². The number of hydrogen-bond donors (Lipinski definition) is 1. The first-order chi connectivity index (χ1) is 12.4. The van der Waals surface area contributed by atoms with Crippen LogP contribution in [0.3, 0.4) is 0 Å². The van der Waals surface area contributed by atoms with Crippen LogP contribution >= 0.6 is 0 Å². The summed E-state index contributed by atoms with van der Waals surface area (Å²) in [5, 5.41) is 10.3. The molecule has 3 nitrogen and oxygen atoms in total. The molecule has 0 saturated carbocycles. The van der Waals surface area contributed by atoms with Crippen LogP contribution in [0.5, 0.6) is 11.5 Å². The van der Waals surface area contributed by atoms with Crippen LogP contribution in [-0.2, 0) is 22.0 Å². The molecular formula is C24H30O3. The molecule has 0 spiro atoms. The molecule has 144 valence electrons. The van der Waals surface area contributed by atoms with Gasteiger partial charge in [0.25, 0.3) is 0 Å². The lowest BCUT2D eigenvalue weighted by Crippen LogP contribution is -2.22. The van der Waals surface area contributed by atoms with Crippen molar-refractivity contribution in [2.75, 3.05) is 0 Å². The first kappa shape index (κ1) is 20.8. The lowest BCUT2D eigenvalue weighted by Gasteiger charge is -2.31. The second-order valence-electron chi connectivity index (χ2n) is 8.93. The Morgan fingerprint density at radius 1 is 1.04 bits per heavy atom. The summed E-state index contributed by atoms with van der Waals surface area (Å²) in [6, 6.07) is 11.3. The molecule has 0 aromatic heterocycles. The lowest BCUT2D eigenvalue weighted by molar-refractivity contribution is -0.128. The van der Waals surface area contributed by atoms with Gasteiger partial charge in [0, 0.05) is 12.5 Å².